The molecule has 0 radical (unpaired) electrons. The average molecular weight is 632 g/mol. The molecule has 1 unspecified atom stereocenters. The summed E-state index contributed by atoms with van der Waals surface area (Å²) < 4.78 is 24.1. The molecule has 0 aromatic heterocycles. The molecule has 8 nitrogen and oxygen atoms in total. The molecule has 0 fully saturated rings. The fraction of sp³-hybridized carbons (Fsp3) is 0.212. The third-order valence-electron chi connectivity index (χ3n) is 6.63. The van der Waals surface area contributed by atoms with Crippen LogP contribution in [0, 0.1) is 11.3 Å². The molecule has 4 rings (SSSR count). The van der Waals surface area contributed by atoms with Crippen molar-refractivity contribution in [2.45, 2.75) is 32.7 Å². The van der Waals surface area contributed by atoms with Crippen molar-refractivity contribution >= 4 is 21.9 Å². The molecule has 9 heteroatoms. The zero-order chi connectivity index (χ0) is 30.1. The molecule has 0 aliphatic rings. The van der Waals surface area contributed by atoms with Crippen LogP contribution in [-0.2, 0) is 24.6 Å². The number of methoxy groups -OCH3 is 2. The van der Waals surface area contributed by atoms with Gasteiger partial charge in [-0.1, -0.05) is 42.5 Å². The van der Waals surface area contributed by atoms with E-state index in [2.05, 4.69) is 27.3 Å². The Labute approximate surface area is 253 Å². The van der Waals surface area contributed by atoms with Crippen molar-refractivity contribution in [3.8, 4) is 40.2 Å². The van der Waals surface area contributed by atoms with Crippen LogP contribution < -0.4 is 24.3 Å². The van der Waals surface area contributed by atoms with Crippen LogP contribution >= 0.6 is 15.9 Å². The van der Waals surface area contributed by atoms with Gasteiger partial charge in [0.25, 0.3) is 0 Å². The third-order valence-corrected chi connectivity index (χ3v) is 7.56. The maximum atomic E-state index is 11.3. The van der Waals surface area contributed by atoms with E-state index in [1.54, 1.807) is 39.3 Å². The highest BCUT2D eigenvalue weighted by Crippen LogP contribution is 2.37. The van der Waals surface area contributed by atoms with Gasteiger partial charge in [-0.25, -0.2) is 0 Å². The normalized spacial score (nSPS) is 11.3. The van der Waals surface area contributed by atoms with Gasteiger partial charge in [-0.15, -0.1) is 0 Å². The van der Waals surface area contributed by atoms with Gasteiger partial charge in [-0.2, -0.15) is 5.26 Å². The van der Waals surface area contributed by atoms with Gasteiger partial charge in [0.15, 0.2) is 11.5 Å². The number of carbonyl (C=O) groups is 1. The zero-order valence-electron chi connectivity index (χ0n) is 23.5. The van der Waals surface area contributed by atoms with E-state index < -0.39 is 12.0 Å². The highest BCUT2D eigenvalue weighted by atomic mass is 79.9. The maximum Gasteiger partial charge on any atom is 0.320 e. The second kappa shape index (κ2) is 14.4. The molecule has 2 N–H and O–H groups in total. The number of ether oxygens (including phenoxy) is 4. The van der Waals surface area contributed by atoms with Crippen molar-refractivity contribution < 1.29 is 28.8 Å². The summed E-state index contributed by atoms with van der Waals surface area (Å²) in [5, 5.41) is 21.5. The van der Waals surface area contributed by atoms with Crippen LogP contribution in [0.5, 0.6) is 23.0 Å². The first-order valence-electron chi connectivity index (χ1n) is 13.2. The fourth-order valence-corrected chi connectivity index (χ4v) is 4.83. The Hall–Kier alpha value is -4.52. The minimum absolute atomic E-state index is 0.235. The largest absolute Gasteiger partial charge is 0.493 e. The molecule has 0 saturated carbocycles. The Kier molecular flexibility index (Phi) is 10.4. The van der Waals surface area contributed by atoms with Gasteiger partial charge in [-0.3, -0.25) is 4.79 Å². The summed E-state index contributed by atoms with van der Waals surface area (Å²) >= 11 is 3.75. The second-order valence-corrected chi connectivity index (χ2v) is 10.2. The lowest BCUT2D eigenvalue weighted by Gasteiger charge is -2.17. The molecule has 216 valence electrons. The topological polar surface area (TPSA) is 110 Å². The van der Waals surface area contributed by atoms with E-state index in [-0.39, 0.29) is 6.61 Å². The molecule has 0 aliphatic carbocycles. The van der Waals surface area contributed by atoms with Crippen LogP contribution in [0.3, 0.4) is 0 Å². The Bertz CT molecular complexity index is 1600. The minimum Gasteiger partial charge on any atom is -0.493 e. The Balaban J connectivity index is 1.54. The van der Waals surface area contributed by atoms with Crippen molar-refractivity contribution in [3.63, 3.8) is 0 Å². The first-order chi connectivity index (χ1) is 20.3. The molecule has 0 bridgehead atoms. The smallest absolute Gasteiger partial charge is 0.320 e. The highest BCUT2D eigenvalue weighted by Gasteiger charge is 2.15. The van der Waals surface area contributed by atoms with Gasteiger partial charge in [0.05, 0.1) is 25.9 Å². The van der Waals surface area contributed by atoms with Gasteiger partial charge in [-0.05, 0) is 69.9 Å². The summed E-state index contributed by atoms with van der Waals surface area (Å²) in [4.78, 5) is 11.3. The van der Waals surface area contributed by atoms with E-state index in [1.165, 1.54) is 0 Å². The first kappa shape index (κ1) is 30.4. The number of rotatable bonds is 13. The number of nitrogens with zero attached hydrogens (tertiary/aromatic N) is 1. The fourth-order valence-electron chi connectivity index (χ4n) is 4.23. The van der Waals surface area contributed by atoms with Gasteiger partial charge in [0, 0.05) is 28.2 Å². The van der Waals surface area contributed by atoms with Crippen LogP contribution in [0.1, 0.15) is 29.2 Å². The Morgan fingerprint density at radius 1 is 0.905 bits per heavy atom. The molecule has 0 amide bonds. The molecular formula is C33H31BrN2O6. The maximum absolute atomic E-state index is 11.3. The molecule has 0 aliphatic heterocycles. The minimum atomic E-state index is -0.938. The SMILES string of the molecule is COc1ccc(-c2cccc(COc3ccc(CNC(C)C(=O)O)c(OCc4cccc(C#N)c4)c3)c2Br)cc1OC. The summed E-state index contributed by atoms with van der Waals surface area (Å²) in [5.74, 6) is 1.51. The molecule has 0 spiro atoms. The van der Waals surface area contributed by atoms with Crippen molar-refractivity contribution in [2.24, 2.45) is 0 Å². The third kappa shape index (κ3) is 7.60. The number of halogens is 1. The van der Waals surface area contributed by atoms with Crippen LogP contribution in [0.15, 0.2) is 83.3 Å². The van der Waals surface area contributed by atoms with Gasteiger partial charge < -0.3 is 29.4 Å². The average Bonchev–Trinajstić information content (AvgIpc) is 3.02. The summed E-state index contributed by atoms with van der Waals surface area (Å²) in [6, 6.07) is 25.8. The molecule has 4 aromatic carbocycles. The van der Waals surface area contributed by atoms with Crippen molar-refractivity contribution in [2.75, 3.05) is 14.2 Å². The van der Waals surface area contributed by atoms with E-state index >= 15 is 0 Å². The van der Waals surface area contributed by atoms with Crippen LogP contribution in [0.2, 0.25) is 0 Å². The number of benzene rings is 4. The van der Waals surface area contributed by atoms with E-state index in [4.69, 9.17) is 18.9 Å². The van der Waals surface area contributed by atoms with Crippen LogP contribution in [0.25, 0.3) is 11.1 Å². The monoisotopic (exact) mass is 630 g/mol. The van der Waals surface area contributed by atoms with Gasteiger partial charge in [0.2, 0.25) is 0 Å². The van der Waals surface area contributed by atoms with E-state index in [0.717, 1.165) is 32.3 Å². The highest BCUT2D eigenvalue weighted by molar-refractivity contribution is 9.10. The number of carboxylic acids is 1. The number of aliphatic carboxylic acids is 1. The second-order valence-electron chi connectivity index (χ2n) is 9.45. The van der Waals surface area contributed by atoms with Crippen molar-refractivity contribution in [3.05, 3.63) is 106 Å². The van der Waals surface area contributed by atoms with E-state index in [0.29, 0.717) is 41.7 Å². The molecular weight excluding hydrogens is 600 g/mol. The van der Waals surface area contributed by atoms with Gasteiger partial charge >= 0.3 is 5.97 Å². The molecule has 4 aromatic rings. The van der Waals surface area contributed by atoms with E-state index in [9.17, 15) is 15.2 Å². The predicted octanol–water partition coefficient (Wildman–Crippen LogP) is 6.73. The number of carboxylic acid groups (broad SMARTS) is 1. The summed E-state index contributed by atoms with van der Waals surface area (Å²) in [7, 11) is 3.21. The van der Waals surface area contributed by atoms with E-state index in [1.807, 2.05) is 60.7 Å². The Morgan fingerprint density at radius 2 is 1.69 bits per heavy atom. The molecule has 42 heavy (non-hydrogen) atoms. The summed E-state index contributed by atoms with van der Waals surface area (Å²) in [5.41, 5.74) is 5.06. The molecule has 1 atom stereocenters. The van der Waals surface area contributed by atoms with Gasteiger partial charge in [0.1, 0.15) is 30.8 Å². The predicted molar refractivity (Wildman–Crippen MR) is 163 cm³/mol. The first-order valence-corrected chi connectivity index (χ1v) is 14.0. The lowest BCUT2D eigenvalue weighted by atomic mass is 10.0. The lowest BCUT2D eigenvalue weighted by Crippen LogP contribution is -2.33. The summed E-state index contributed by atoms with van der Waals surface area (Å²) in [6.07, 6.45) is 0. The number of nitriles is 1. The zero-order valence-corrected chi connectivity index (χ0v) is 25.1. The van der Waals surface area contributed by atoms with Crippen LogP contribution in [0.4, 0.5) is 0 Å². The molecule has 0 heterocycles. The number of nitrogens with one attached hydrogen (secondary N) is 1. The number of hydrogen-bond acceptors (Lipinski definition) is 7. The molecule has 0 saturated heterocycles. The van der Waals surface area contributed by atoms with Crippen molar-refractivity contribution in [1.82, 2.24) is 5.32 Å². The van der Waals surface area contributed by atoms with Crippen molar-refractivity contribution in [1.29, 1.82) is 5.26 Å². The Morgan fingerprint density at radius 3 is 2.43 bits per heavy atom. The van der Waals surface area contributed by atoms with Crippen LogP contribution in [-0.4, -0.2) is 31.3 Å². The number of hydrogen-bond donors (Lipinski definition) is 2. The standard InChI is InChI=1S/C33H31BrN2O6/c1-21(33(37)38)36-18-25-10-12-27(16-30(25)42-19-23-7-4-6-22(14-23)17-35)41-20-26-8-5-9-28(32(26)34)24-11-13-29(39-2)31(15-24)40-3/h4-16,21,36H,18-20H2,1-3H3,(H,37,38). The quantitative estimate of drug-likeness (QED) is 0.167. The summed E-state index contributed by atoms with van der Waals surface area (Å²) in [6.45, 7) is 2.40. The lowest BCUT2D eigenvalue weighted by molar-refractivity contribution is -0.139.